The van der Waals surface area contributed by atoms with Crippen molar-refractivity contribution in [1.29, 1.82) is 0 Å². The first-order valence-corrected chi connectivity index (χ1v) is 18.1. The van der Waals surface area contributed by atoms with E-state index < -0.39 is 5.97 Å². The lowest BCUT2D eigenvalue weighted by molar-refractivity contribution is -0.137. The van der Waals surface area contributed by atoms with Crippen LogP contribution in [0.2, 0.25) is 0 Å². The van der Waals surface area contributed by atoms with Gasteiger partial charge in [-0.15, -0.1) is 0 Å². The number of carboxylic acids is 1. The van der Waals surface area contributed by atoms with Gasteiger partial charge in [0.05, 0.1) is 0 Å². The van der Waals surface area contributed by atoms with Crippen LogP contribution in [0.3, 0.4) is 0 Å². The third kappa shape index (κ3) is 27.4. The maximum absolute atomic E-state index is 10.3. The second-order valence-electron chi connectivity index (χ2n) is 14.0. The van der Waals surface area contributed by atoms with Gasteiger partial charge in [0.15, 0.2) is 0 Å². The Morgan fingerprint density at radius 2 is 1.18 bits per heavy atom. The second-order valence-corrected chi connectivity index (χ2v) is 14.0. The molecule has 0 amide bonds. The Kier molecular flexibility index (Phi) is 27.8. The molecule has 0 radical (unpaired) electrons. The zero-order valence-corrected chi connectivity index (χ0v) is 28.4. The predicted octanol–water partition coefficient (Wildman–Crippen LogP) is 13.3. The van der Waals surface area contributed by atoms with Crippen LogP contribution in [0.25, 0.3) is 0 Å². The van der Waals surface area contributed by atoms with Crippen LogP contribution in [-0.4, -0.2) is 11.1 Å². The molecule has 0 saturated carbocycles. The first kappa shape index (κ1) is 39.2. The molecule has 0 heterocycles. The summed E-state index contributed by atoms with van der Waals surface area (Å²) in [5.74, 6) is 2.94. The maximum atomic E-state index is 10.3. The fourth-order valence-corrected chi connectivity index (χ4v) is 6.16. The summed E-state index contributed by atoms with van der Waals surface area (Å²) in [6.07, 6.45) is 35.4. The van der Waals surface area contributed by atoms with E-state index in [-0.39, 0.29) is 0 Å². The molecule has 3 atom stereocenters. The van der Waals surface area contributed by atoms with Gasteiger partial charge >= 0.3 is 5.97 Å². The standard InChI is InChI=1S/C20H38.C18H36O2/c1-16(2)20-14-12-18(4)10-6-8-17(3)9-7-11-19(5)13-15-20;1-2-3-4-5-6-7-8-9-10-11-12-13-14-15-16-17-18(19)20/h12,16-17,19-20H,6-11,13-15H2,1-5H3;2-17H2,1H3,(H,19,20)/b18-12-;. The van der Waals surface area contributed by atoms with E-state index in [1.807, 2.05) is 0 Å². The van der Waals surface area contributed by atoms with Gasteiger partial charge in [0.2, 0.25) is 0 Å². The van der Waals surface area contributed by atoms with E-state index in [1.54, 1.807) is 5.57 Å². The van der Waals surface area contributed by atoms with Crippen molar-refractivity contribution in [3.05, 3.63) is 11.6 Å². The van der Waals surface area contributed by atoms with Crippen molar-refractivity contribution in [3.8, 4) is 0 Å². The molecule has 0 fully saturated rings. The number of carbonyl (C=O) groups is 1. The number of unbranched alkanes of at least 4 members (excludes halogenated alkanes) is 14. The molecule has 40 heavy (non-hydrogen) atoms. The molecule has 1 N–H and O–H groups in total. The van der Waals surface area contributed by atoms with Gasteiger partial charge in [0.25, 0.3) is 0 Å². The smallest absolute Gasteiger partial charge is 0.303 e. The van der Waals surface area contributed by atoms with Gasteiger partial charge in [-0.1, -0.05) is 168 Å². The summed E-state index contributed by atoms with van der Waals surface area (Å²) in [4.78, 5) is 10.3. The molecular weight excluding hydrogens is 488 g/mol. The molecule has 0 aromatic rings. The quantitative estimate of drug-likeness (QED) is 0.141. The minimum Gasteiger partial charge on any atom is -0.481 e. The van der Waals surface area contributed by atoms with Crippen molar-refractivity contribution in [2.24, 2.45) is 23.7 Å². The van der Waals surface area contributed by atoms with Gasteiger partial charge in [-0.2, -0.15) is 0 Å². The van der Waals surface area contributed by atoms with Crippen molar-refractivity contribution >= 4 is 5.97 Å². The van der Waals surface area contributed by atoms with Gasteiger partial charge < -0.3 is 5.11 Å². The van der Waals surface area contributed by atoms with Gasteiger partial charge in [-0.25, -0.2) is 0 Å². The van der Waals surface area contributed by atoms with Gasteiger partial charge in [0.1, 0.15) is 0 Å². The summed E-state index contributed by atoms with van der Waals surface area (Å²) >= 11 is 0. The molecule has 2 heteroatoms. The molecule has 3 unspecified atom stereocenters. The first-order valence-electron chi connectivity index (χ1n) is 18.1. The van der Waals surface area contributed by atoms with Crippen molar-refractivity contribution in [1.82, 2.24) is 0 Å². The number of hydrogen-bond acceptors (Lipinski definition) is 1. The maximum Gasteiger partial charge on any atom is 0.303 e. The van der Waals surface area contributed by atoms with Crippen LogP contribution in [0.1, 0.15) is 202 Å². The molecule has 0 aliphatic heterocycles. The highest BCUT2D eigenvalue weighted by Gasteiger charge is 2.15. The largest absolute Gasteiger partial charge is 0.481 e. The summed E-state index contributed by atoms with van der Waals surface area (Å²) in [7, 11) is 0. The Labute approximate surface area is 253 Å². The minimum atomic E-state index is -0.653. The number of allylic oxidation sites excluding steroid dienone is 2. The monoisotopic (exact) mass is 563 g/mol. The molecule has 0 saturated heterocycles. The molecule has 0 bridgehead atoms. The van der Waals surface area contributed by atoms with Crippen molar-refractivity contribution in [2.45, 2.75) is 202 Å². The lowest BCUT2D eigenvalue weighted by atomic mass is 9.83. The number of carboxylic acid groups (broad SMARTS) is 1. The number of hydrogen-bond donors (Lipinski definition) is 1. The van der Waals surface area contributed by atoms with Gasteiger partial charge in [-0.3, -0.25) is 4.79 Å². The Bertz CT molecular complexity index is 578. The highest BCUT2D eigenvalue weighted by atomic mass is 16.4. The molecular formula is C38H74O2. The fraction of sp³-hybridized carbons (Fsp3) is 0.921. The molecule has 0 aromatic heterocycles. The van der Waals surface area contributed by atoms with Crippen molar-refractivity contribution < 1.29 is 9.90 Å². The molecule has 0 spiro atoms. The Balaban J connectivity index is 0.000000760. The lowest BCUT2D eigenvalue weighted by Crippen LogP contribution is -2.10. The van der Waals surface area contributed by atoms with E-state index in [0.29, 0.717) is 6.42 Å². The van der Waals surface area contributed by atoms with E-state index in [0.717, 1.165) is 36.5 Å². The fourth-order valence-electron chi connectivity index (χ4n) is 6.16. The summed E-state index contributed by atoms with van der Waals surface area (Å²) in [6, 6.07) is 0. The average molecular weight is 563 g/mol. The summed E-state index contributed by atoms with van der Waals surface area (Å²) in [5.41, 5.74) is 1.63. The Morgan fingerprint density at radius 3 is 1.65 bits per heavy atom. The SMILES string of the molecule is C/C1=C/CC(C(C)C)CCC(C)CCCC(C)CCC1.CCCCCCCCCCCCCCCCCC(=O)O. The van der Waals surface area contributed by atoms with Crippen LogP contribution in [0.4, 0.5) is 0 Å². The molecule has 2 nitrogen and oxygen atoms in total. The van der Waals surface area contributed by atoms with Crippen LogP contribution < -0.4 is 0 Å². The average Bonchev–Trinajstić information content (AvgIpc) is 2.90. The number of aliphatic carboxylic acids is 1. The summed E-state index contributed by atoms with van der Waals surface area (Å²) < 4.78 is 0. The van der Waals surface area contributed by atoms with Crippen LogP contribution in [0.5, 0.6) is 0 Å². The van der Waals surface area contributed by atoms with Crippen LogP contribution in [-0.2, 0) is 4.79 Å². The van der Waals surface area contributed by atoms with E-state index in [1.165, 1.54) is 141 Å². The van der Waals surface area contributed by atoms with E-state index in [9.17, 15) is 4.79 Å². The molecule has 1 aliphatic rings. The zero-order chi connectivity index (χ0) is 29.8. The van der Waals surface area contributed by atoms with Crippen molar-refractivity contribution in [2.75, 3.05) is 0 Å². The Hall–Kier alpha value is -0.790. The summed E-state index contributed by atoms with van der Waals surface area (Å²) in [6.45, 7) is 14.3. The van der Waals surface area contributed by atoms with E-state index >= 15 is 0 Å². The van der Waals surface area contributed by atoms with Crippen molar-refractivity contribution in [3.63, 3.8) is 0 Å². The van der Waals surface area contributed by atoms with E-state index in [4.69, 9.17) is 5.11 Å². The third-order valence-electron chi connectivity index (χ3n) is 9.40. The van der Waals surface area contributed by atoms with Crippen LogP contribution >= 0.6 is 0 Å². The van der Waals surface area contributed by atoms with Gasteiger partial charge in [-0.05, 0) is 62.7 Å². The highest BCUT2D eigenvalue weighted by molar-refractivity contribution is 5.66. The lowest BCUT2D eigenvalue weighted by Gasteiger charge is -2.22. The zero-order valence-electron chi connectivity index (χ0n) is 28.4. The second kappa shape index (κ2) is 28.3. The normalized spacial score (nSPS) is 22.6. The minimum absolute atomic E-state index is 0.345. The molecule has 1 aliphatic carbocycles. The predicted molar refractivity (Wildman–Crippen MR) is 179 cm³/mol. The topological polar surface area (TPSA) is 37.3 Å². The molecule has 238 valence electrons. The van der Waals surface area contributed by atoms with Crippen LogP contribution in [0, 0.1) is 23.7 Å². The first-order chi connectivity index (χ1) is 19.3. The number of rotatable bonds is 17. The third-order valence-corrected chi connectivity index (χ3v) is 9.40. The molecule has 0 aromatic carbocycles. The summed E-state index contributed by atoms with van der Waals surface area (Å²) in [5, 5.41) is 8.52. The van der Waals surface area contributed by atoms with Crippen LogP contribution in [0.15, 0.2) is 11.6 Å². The highest BCUT2D eigenvalue weighted by Crippen LogP contribution is 2.28. The molecule has 1 rings (SSSR count). The van der Waals surface area contributed by atoms with E-state index in [2.05, 4.69) is 47.6 Å². The van der Waals surface area contributed by atoms with Gasteiger partial charge in [0, 0.05) is 6.42 Å². The Morgan fingerprint density at radius 1 is 0.725 bits per heavy atom.